The van der Waals surface area contributed by atoms with Gasteiger partial charge in [0.05, 0.1) is 15.8 Å². The molecule has 0 radical (unpaired) electrons. The Kier molecular flexibility index (Phi) is 3.76. The summed E-state index contributed by atoms with van der Waals surface area (Å²) >= 11 is 2.81. The molecule has 0 unspecified atom stereocenters. The van der Waals surface area contributed by atoms with Gasteiger partial charge in [0, 0.05) is 4.90 Å². The van der Waals surface area contributed by atoms with Crippen LogP contribution in [0.2, 0.25) is 0 Å². The van der Waals surface area contributed by atoms with Crippen molar-refractivity contribution in [3.8, 4) is 0 Å². The van der Waals surface area contributed by atoms with Crippen molar-refractivity contribution in [2.24, 2.45) is 10.9 Å². The molecule has 0 aliphatic carbocycles. The average Bonchev–Trinajstić information content (AvgIpc) is 2.89. The summed E-state index contributed by atoms with van der Waals surface area (Å²) in [6.07, 6.45) is 0. The van der Waals surface area contributed by atoms with Crippen molar-refractivity contribution >= 4 is 39.2 Å². The predicted molar refractivity (Wildman–Crippen MR) is 82.7 cm³/mol. The lowest BCUT2D eigenvalue weighted by Gasteiger charge is -2.06. The molecule has 0 saturated heterocycles. The van der Waals surface area contributed by atoms with Crippen molar-refractivity contribution in [3.63, 3.8) is 0 Å². The van der Waals surface area contributed by atoms with Gasteiger partial charge in [-0.25, -0.2) is 9.37 Å². The molecule has 3 aromatic rings. The van der Waals surface area contributed by atoms with E-state index in [4.69, 9.17) is 10.9 Å². The SMILES string of the molecule is NC(=NO)c1c(F)cccc1Sc1nc2ccccc2s1. The summed E-state index contributed by atoms with van der Waals surface area (Å²) in [5.74, 6) is -0.784. The van der Waals surface area contributed by atoms with E-state index >= 15 is 0 Å². The molecule has 0 amide bonds. The quantitative estimate of drug-likeness (QED) is 0.334. The molecular weight excluding hydrogens is 309 g/mol. The summed E-state index contributed by atoms with van der Waals surface area (Å²) in [5, 5.41) is 11.7. The van der Waals surface area contributed by atoms with Gasteiger partial charge in [-0.2, -0.15) is 0 Å². The zero-order valence-corrected chi connectivity index (χ0v) is 12.3. The minimum Gasteiger partial charge on any atom is -0.409 e. The Morgan fingerprint density at radius 2 is 2.05 bits per heavy atom. The van der Waals surface area contributed by atoms with Gasteiger partial charge in [0.25, 0.3) is 0 Å². The maximum atomic E-state index is 13.9. The molecule has 0 fully saturated rings. The second-order valence-electron chi connectivity index (χ2n) is 4.15. The van der Waals surface area contributed by atoms with E-state index in [0.29, 0.717) is 4.90 Å². The lowest BCUT2D eigenvalue weighted by atomic mass is 10.2. The van der Waals surface area contributed by atoms with Crippen LogP contribution in [0, 0.1) is 5.82 Å². The number of halogens is 1. The molecule has 1 heterocycles. The molecule has 0 saturated carbocycles. The predicted octanol–water partition coefficient (Wildman–Crippen LogP) is 3.68. The number of nitrogens with two attached hydrogens (primary N) is 1. The highest BCUT2D eigenvalue weighted by Gasteiger charge is 2.15. The summed E-state index contributed by atoms with van der Waals surface area (Å²) in [6, 6.07) is 12.3. The van der Waals surface area contributed by atoms with Gasteiger partial charge in [-0.3, -0.25) is 0 Å². The lowest BCUT2D eigenvalue weighted by molar-refractivity contribution is 0.318. The summed E-state index contributed by atoms with van der Waals surface area (Å²) in [4.78, 5) is 5.04. The Bertz CT molecular complexity index is 799. The number of thiazole rings is 1. The second kappa shape index (κ2) is 5.71. The van der Waals surface area contributed by atoms with Crippen molar-refractivity contribution < 1.29 is 9.60 Å². The number of rotatable bonds is 3. The monoisotopic (exact) mass is 319 g/mol. The van der Waals surface area contributed by atoms with Gasteiger partial charge in [-0.15, -0.1) is 11.3 Å². The number of hydrogen-bond donors (Lipinski definition) is 2. The third-order valence-corrected chi connectivity index (χ3v) is 4.97. The van der Waals surface area contributed by atoms with Crippen LogP contribution in [0.5, 0.6) is 0 Å². The van der Waals surface area contributed by atoms with Gasteiger partial charge in [-0.1, -0.05) is 35.1 Å². The molecule has 1 aromatic heterocycles. The minimum absolute atomic E-state index is 0.0873. The van der Waals surface area contributed by atoms with Crippen LogP contribution < -0.4 is 5.73 Å². The highest BCUT2D eigenvalue weighted by Crippen LogP contribution is 2.36. The van der Waals surface area contributed by atoms with Gasteiger partial charge in [0.2, 0.25) is 0 Å². The molecule has 106 valence electrons. The molecule has 0 bridgehead atoms. The Morgan fingerprint density at radius 3 is 2.81 bits per heavy atom. The highest BCUT2D eigenvalue weighted by atomic mass is 32.2. The molecule has 3 rings (SSSR count). The Balaban J connectivity index is 2.03. The molecule has 0 aliphatic rings. The van der Waals surface area contributed by atoms with E-state index in [2.05, 4.69) is 10.1 Å². The standard InChI is InChI=1S/C14H10FN3OS2/c15-8-4-3-7-11(12(8)13(16)18-19)21-14-17-9-5-1-2-6-10(9)20-14/h1-7,19H,(H2,16,18). The fourth-order valence-corrected chi connectivity index (χ4v) is 4.06. The summed E-state index contributed by atoms with van der Waals surface area (Å²) in [7, 11) is 0. The number of nitrogens with zero attached hydrogens (tertiary/aromatic N) is 2. The van der Waals surface area contributed by atoms with Crippen molar-refractivity contribution in [1.29, 1.82) is 0 Å². The van der Waals surface area contributed by atoms with Gasteiger partial charge in [0.15, 0.2) is 10.2 Å². The third-order valence-electron chi connectivity index (χ3n) is 2.81. The van der Waals surface area contributed by atoms with Crippen molar-refractivity contribution in [2.75, 3.05) is 0 Å². The van der Waals surface area contributed by atoms with Crippen molar-refractivity contribution in [1.82, 2.24) is 4.98 Å². The fraction of sp³-hybridized carbons (Fsp3) is 0. The number of benzene rings is 2. The van der Waals surface area contributed by atoms with E-state index < -0.39 is 5.82 Å². The van der Waals surface area contributed by atoms with Crippen molar-refractivity contribution in [3.05, 3.63) is 53.8 Å². The van der Waals surface area contributed by atoms with Gasteiger partial charge in [0.1, 0.15) is 5.82 Å². The van der Waals surface area contributed by atoms with Crippen LogP contribution in [0.3, 0.4) is 0 Å². The summed E-state index contributed by atoms with van der Waals surface area (Å²) in [6.45, 7) is 0. The Labute approximate surface area is 128 Å². The number of fused-ring (bicyclic) bond motifs is 1. The largest absolute Gasteiger partial charge is 0.409 e. The maximum absolute atomic E-state index is 13.9. The van der Waals surface area contributed by atoms with E-state index in [1.54, 1.807) is 12.1 Å². The average molecular weight is 319 g/mol. The van der Waals surface area contributed by atoms with Crippen LogP contribution in [0.15, 0.2) is 56.9 Å². The van der Waals surface area contributed by atoms with E-state index in [9.17, 15) is 4.39 Å². The number of oxime groups is 1. The van der Waals surface area contributed by atoms with Gasteiger partial charge in [-0.05, 0) is 24.3 Å². The van der Waals surface area contributed by atoms with Crippen LogP contribution in [-0.2, 0) is 0 Å². The van der Waals surface area contributed by atoms with E-state index in [1.165, 1.54) is 29.2 Å². The zero-order chi connectivity index (χ0) is 14.8. The number of para-hydroxylation sites is 1. The summed E-state index contributed by atoms with van der Waals surface area (Å²) < 4.78 is 15.7. The van der Waals surface area contributed by atoms with Crippen LogP contribution in [0.4, 0.5) is 4.39 Å². The number of amidine groups is 1. The molecular formula is C14H10FN3OS2. The van der Waals surface area contributed by atoms with Crippen LogP contribution in [0.25, 0.3) is 10.2 Å². The third kappa shape index (κ3) is 2.70. The van der Waals surface area contributed by atoms with Crippen molar-refractivity contribution in [2.45, 2.75) is 9.24 Å². The molecule has 2 aromatic carbocycles. The summed E-state index contributed by atoms with van der Waals surface area (Å²) in [5.41, 5.74) is 6.54. The fourth-order valence-electron chi connectivity index (χ4n) is 1.88. The first-order valence-electron chi connectivity index (χ1n) is 5.99. The highest BCUT2D eigenvalue weighted by molar-refractivity contribution is 8.01. The van der Waals surface area contributed by atoms with E-state index in [0.717, 1.165) is 14.6 Å². The maximum Gasteiger partial charge on any atom is 0.174 e. The normalized spacial score (nSPS) is 12.0. The number of aromatic nitrogens is 1. The van der Waals surface area contributed by atoms with Crippen LogP contribution in [-0.4, -0.2) is 16.0 Å². The molecule has 3 N–H and O–H groups in total. The smallest absolute Gasteiger partial charge is 0.174 e. The van der Waals surface area contributed by atoms with Crippen LogP contribution >= 0.6 is 23.1 Å². The molecule has 21 heavy (non-hydrogen) atoms. The van der Waals surface area contributed by atoms with Gasteiger partial charge < -0.3 is 10.9 Å². The zero-order valence-electron chi connectivity index (χ0n) is 10.7. The second-order valence-corrected chi connectivity index (χ2v) is 6.47. The minimum atomic E-state index is -0.531. The molecule has 4 nitrogen and oxygen atoms in total. The number of hydrogen-bond acceptors (Lipinski definition) is 5. The molecule has 0 atom stereocenters. The molecule has 7 heteroatoms. The Morgan fingerprint density at radius 1 is 1.24 bits per heavy atom. The first-order valence-corrected chi connectivity index (χ1v) is 7.62. The van der Waals surface area contributed by atoms with E-state index in [1.807, 2.05) is 24.3 Å². The first-order chi connectivity index (χ1) is 10.2. The lowest BCUT2D eigenvalue weighted by Crippen LogP contribution is -2.16. The topological polar surface area (TPSA) is 71.5 Å². The van der Waals surface area contributed by atoms with Gasteiger partial charge >= 0.3 is 0 Å². The molecule has 0 spiro atoms. The van der Waals surface area contributed by atoms with E-state index in [-0.39, 0.29) is 11.4 Å². The first kappa shape index (κ1) is 13.8. The molecule has 0 aliphatic heterocycles. The Hall–Kier alpha value is -2.12. The van der Waals surface area contributed by atoms with Crippen LogP contribution in [0.1, 0.15) is 5.56 Å².